The molecule has 1 aliphatic heterocycles. The Morgan fingerprint density at radius 1 is 1.03 bits per heavy atom. The predicted octanol–water partition coefficient (Wildman–Crippen LogP) is 2.74. The smallest absolute Gasteiger partial charge is 0.408 e. The number of nitrogens with zero attached hydrogens (tertiary/aromatic N) is 3. The molecule has 2 aromatic carbocycles. The van der Waals surface area contributed by atoms with Crippen molar-refractivity contribution in [1.82, 2.24) is 8.87 Å². The molecular weight excluding hydrogens is 390 g/mol. The number of hydrogen-bond acceptors (Lipinski definition) is 5. The Hall–Kier alpha value is -2.58. The van der Waals surface area contributed by atoms with Gasteiger partial charge < -0.3 is 9.32 Å². The van der Waals surface area contributed by atoms with E-state index >= 15 is 0 Å². The maximum absolute atomic E-state index is 13.1. The van der Waals surface area contributed by atoms with Crippen LogP contribution >= 0.6 is 0 Å². The first-order valence-electron chi connectivity index (χ1n) is 9.77. The van der Waals surface area contributed by atoms with Crippen molar-refractivity contribution in [2.75, 3.05) is 31.1 Å². The minimum absolute atomic E-state index is 0.155. The average molecular weight is 416 g/mol. The van der Waals surface area contributed by atoms with Gasteiger partial charge in [0.25, 0.3) is 0 Å². The van der Waals surface area contributed by atoms with Crippen LogP contribution in [0, 0.1) is 13.8 Å². The van der Waals surface area contributed by atoms with Crippen LogP contribution < -0.4 is 10.7 Å². The third-order valence-electron chi connectivity index (χ3n) is 5.75. The van der Waals surface area contributed by atoms with Crippen molar-refractivity contribution in [1.29, 1.82) is 0 Å². The van der Waals surface area contributed by atoms with Crippen molar-refractivity contribution >= 4 is 26.8 Å². The van der Waals surface area contributed by atoms with Gasteiger partial charge in [0.15, 0.2) is 5.58 Å². The molecule has 7 nitrogen and oxygen atoms in total. The fourth-order valence-electron chi connectivity index (χ4n) is 3.90. The van der Waals surface area contributed by atoms with E-state index in [1.165, 1.54) is 26.1 Å². The SMILES string of the molecule is CCn1c(=O)oc2cc(S(=O)(=O)N3CCN(c4cccc(C)c4C)CC3)ccc21. The third kappa shape index (κ3) is 3.36. The van der Waals surface area contributed by atoms with Gasteiger partial charge in [0.2, 0.25) is 10.0 Å². The molecule has 2 heterocycles. The molecule has 0 aliphatic carbocycles. The fraction of sp³-hybridized carbons (Fsp3) is 0.381. The maximum Gasteiger partial charge on any atom is 0.419 e. The lowest BCUT2D eigenvalue weighted by molar-refractivity contribution is 0.384. The molecule has 0 spiro atoms. The van der Waals surface area contributed by atoms with Gasteiger partial charge in [-0.1, -0.05) is 12.1 Å². The first kappa shape index (κ1) is 19.7. The normalized spacial score (nSPS) is 15.9. The van der Waals surface area contributed by atoms with Crippen LogP contribution in [0.5, 0.6) is 0 Å². The summed E-state index contributed by atoms with van der Waals surface area (Å²) in [5.74, 6) is -0.473. The average Bonchev–Trinajstić information content (AvgIpc) is 3.04. The highest BCUT2D eigenvalue weighted by Gasteiger charge is 2.29. The molecule has 0 atom stereocenters. The van der Waals surface area contributed by atoms with Crippen LogP contribution in [0.2, 0.25) is 0 Å². The van der Waals surface area contributed by atoms with E-state index in [0.717, 1.165) is 5.69 Å². The lowest BCUT2D eigenvalue weighted by atomic mass is 10.1. The second-order valence-electron chi connectivity index (χ2n) is 7.35. The summed E-state index contributed by atoms with van der Waals surface area (Å²) in [6, 6.07) is 10.8. The Kier molecular flexibility index (Phi) is 5.00. The molecule has 1 aromatic heterocycles. The van der Waals surface area contributed by atoms with Gasteiger partial charge >= 0.3 is 5.76 Å². The zero-order valence-electron chi connectivity index (χ0n) is 16.9. The van der Waals surface area contributed by atoms with Crippen LogP contribution in [0.3, 0.4) is 0 Å². The molecule has 1 fully saturated rings. The second-order valence-corrected chi connectivity index (χ2v) is 9.29. The zero-order chi connectivity index (χ0) is 20.8. The Labute approximate surface area is 170 Å². The summed E-state index contributed by atoms with van der Waals surface area (Å²) in [7, 11) is -3.65. The van der Waals surface area contributed by atoms with Crippen molar-refractivity contribution in [3.8, 4) is 0 Å². The van der Waals surface area contributed by atoms with E-state index in [9.17, 15) is 13.2 Å². The Bertz CT molecular complexity index is 1220. The molecule has 0 N–H and O–H groups in total. The number of aryl methyl sites for hydroxylation is 2. The Balaban J connectivity index is 1.57. The van der Waals surface area contributed by atoms with Gasteiger partial charge in [0.05, 0.1) is 10.4 Å². The van der Waals surface area contributed by atoms with Crippen LogP contribution in [0.1, 0.15) is 18.1 Å². The van der Waals surface area contributed by atoms with Crippen molar-refractivity contribution in [2.45, 2.75) is 32.2 Å². The third-order valence-corrected chi connectivity index (χ3v) is 7.64. The number of benzene rings is 2. The van der Waals surface area contributed by atoms with Crippen molar-refractivity contribution < 1.29 is 12.8 Å². The summed E-state index contributed by atoms with van der Waals surface area (Å²) in [6.45, 7) is 8.58. The number of anilines is 1. The number of sulfonamides is 1. The van der Waals surface area contributed by atoms with Crippen LogP contribution in [-0.2, 0) is 16.6 Å². The second kappa shape index (κ2) is 7.35. The molecule has 1 aliphatic rings. The predicted molar refractivity (Wildman–Crippen MR) is 113 cm³/mol. The van der Waals surface area contributed by atoms with Crippen molar-refractivity contribution in [3.05, 3.63) is 58.1 Å². The van der Waals surface area contributed by atoms with Gasteiger partial charge in [0, 0.05) is 44.5 Å². The molecule has 0 amide bonds. The van der Waals surface area contributed by atoms with E-state index in [4.69, 9.17) is 4.42 Å². The molecule has 0 bridgehead atoms. The minimum atomic E-state index is -3.65. The van der Waals surface area contributed by atoms with Gasteiger partial charge in [-0.15, -0.1) is 0 Å². The summed E-state index contributed by atoms with van der Waals surface area (Å²) >= 11 is 0. The van der Waals surface area contributed by atoms with E-state index in [-0.39, 0.29) is 4.90 Å². The molecule has 4 rings (SSSR count). The van der Waals surface area contributed by atoms with E-state index in [1.807, 2.05) is 13.0 Å². The quantitative estimate of drug-likeness (QED) is 0.655. The van der Waals surface area contributed by atoms with Crippen molar-refractivity contribution in [2.24, 2.45) is 0 Å². The summed E-state index contributed by atoms with van der Waals surface area (Å²) in [5, 5.41) is 0. The number of rotatable bonds is 4. The number of piperazine rings is 1. The number of fused-ring (bicyclic) bond motifs is 1. The fourth-order valence-corrected chi connectivity index (χ4v) is 5.34. The van der Waals surface area contributed by atoms with Crippen LogP contribution in [0.25, 0.3) is 11.1 Å². The summed E-state index contributed by atoms with van der Waals surface area (Å²) in [5.41, 5.74) is 4.52. The lowest BCUT2D eigenvalue weighted by Crippen LogP contribution is -2.48. The number of oxazole rings is 1. The van der Waals surface area contributed by atoms with E-state index in [1.54, 1.807) is 12.1 Å². The maximum atomic E-state index is 13.1. The molecule has 8 heteroatoms. The molecule has 1 saturated heterocycles. The molecular formula is C21H25N3O4S. The van der Waals surface area contributed by atoms with Crippen molar-refractivity contribution in [3.63, 3.8) is 0 Å². The van der Waals surface area contributed by atoms with E-state index in [0.29, 0.717) is 43.8 Å². The lowest BCUT2D eigenvalue weighted by Gasteiger charge is -2.36. The first-order chi connectivity index (χ1) is 13.8. The summed E-state index contributed by atoms with van der Waals surface area (Å²) in [6.07, 6.45) is 0. The highest BCUT2D eigenvalue weighted by molar-refractivity contribution is 7.89. The van der Waals surface area contributed by atoms with E-state index < -0.39 is 15.8 Å². The van der Waals surface area contributed by atoms with Gasteiger partial charge in [-0.3, -0.25) is 4.57 Å². The van der Waals surface area contributed by atoms with Gasteiger partial charge in [-0.25, -0.2) is 13.2 Å². The topological polar surface area (TPSA) is 75.8 Å². The molecule has 29 heavy (non-hydrogen) atoms. The number of hydrogen-bond donors (Lipinski definition) is 0. The zero-order valence-corrected chi connectivity index (χ0v) is 17.7. The monoisotopic (exact) mass is 415 g/mol. The summed E-state index contributed by atoms with van der Waals surface area (Å²) < 4.78 is 34.5. The molecule has 0 saturated carbocycles. The molecule has 3 aromatic rings. The van der Waals surface area contributed by atoms with Gasteiger partial charge in [-0.05, 0) is 50.1 Å². The Morgan fingerprint density at radius 3 is 2.45 bits per heavy atom. The molecule has 154 valence electrons. The van der Waals surface area contributed by atoms with Crippen LogP contribution in [-0.4, -0.2) is 43.5 Å². The Morgan fingerprint density at radius 2 is 1.76 bits per heavy atom. The molecule has 0 unspecified atom stereocenters. The van der Waals surface area contributed by atoms with E-state index in [2.05, 4.69) is 30.9 Å². The van der Waals surface area contributed by atoms with Crippen LogP contribution in [0.4, 0.5) is 5.69 Å². The largest absolute Gasteiger partial charge is 0.419 e. The van der Waals surface area contributed by atoms with Gasteiger partial charge in [-0.2, -0.15) is 4.31 Å². The van der Waals surface area contributed by atoms with Gasteiger partial charge in [0.1, 0.15) is 0 Å². The highest BCUT2D eigenvalue weighted by Crippen LogP contribution is 2.26. The summed E-state index contributed by atoms with van der Waals surface area (Å²) in [4.78, 5) is 14.3. The minimum Gasteiger partial charge on any atom is -0.408 e. The highest BCUT2D eigenvalue weighted by atomic mass is 32.2. The molecule has 0 radical (unpaired) electrons. The standard InChI is InChI=1S/C21H25N3O4S/c1-4-24-19-9-8-17(14-20(19)28-21(24)25)29(26,27)23-12-10-22(11-13-23)18-7-5-6-15(2)16(18)3/h5-9,14H,4,10-13H2,1-3H3. The first-order valence-corrected chi connectivity index (χ1v) is 11.2. The number of aromatic nitrogens is 1. The van der Waals surface area contributed by atoms with Crippen LogP contribution in [0.15, 0.2) is 50.5 Å².